The van der Waals surface area contributed by atoms with E-state index in [0.29, 0.717) is 29.4 Å². The van der Waals surface area contributed by atoms with E-state index in [-0.39, 0.29) is 5.91 Å². The van der Waals surface area contributed by atoms with Gasteiger partial charge in [0.1, 0.15) is 12.0 Å². The molecule has 0 saturated heterocycles. The lowest BCUT2D eigenvalue weighted by atomic mass is 10.1. The van der Waals surface area contributed by atoms with Crippen LogP contribution in [0.3, 0.4) is 0 Å². The molecular weight excluding hydrogens is 274 g/mol. The van der Waals surface area contributed by atoms with Gasteiger partial charge in [-0.2, -0.15) is 0 Å². The van der Waals surface area contributed by atoms with Crippen LogP contribution in [-0.4, -0.2) is 27.2 Å². The Morgan fingerprint density at radius 3 is 2.33 bits per heavy atom. The average molecular weight is 291 g/mol. The predicted octanol–water partition coefficient (Wildman–Crippen LogP) is 2.24. The first-order valence-electron chi connectivity index (χ1n) is 6.29. The fourth-order valence-corrected chi connectivity index (χ4v) is 1.90. The molecule has 21 heavy (non-hydrogen) atoms. The molecule has 2 rings (SSSR count). The van der Waals surface area contributed by atoms with Gasteiger partial charge in [-0.3, -0.25) is 4.79 Å². The van der Waals surface area contributed by atoms with Crippen LogP contribution in [0.15, 0.2) is 35.1 Å². The second-order valence-electron chi connectivity index (χ2n) is 4.21. The number of furan rings is 1. The third-order valence-electron chi connectivity index (χ3n) is 3.01. The Bertz CT molecular complexity index is 607. The van der Waals surface area contributed by atoms with Crippen molar-refractivity contribution in [3.63, 3.8) is 0 Å². The number of rotatable bonds is 6. The lowest BCUT2D eigenvalue weighted by Gasteiger charge is -2.14. The van der Waals surface area contributed by atoms with E-state index in [9.17, 15) is 4.79 Å². The van der Waals surface area contributed by atoms with Crippen molar-refractivity contribution in [1.82, 2.24) is 5.32 Å². The summed E-state index contributed by atoms with van der Waals surface area (Å²) < 4.78 is 20.6. The molecule has 0 spiro atoms. The summed E-state index contributed by atoms with van der Waals surface area (Å²) in [6.07, 6.45) is 2.84. The van der Waals surface area contributed by atoms with E-state index in [4.69, 9.17) is 18.6 Å². The van der Waals surface area contributed by atoms with Crippen LogP contribution in [0.25, 0.3) is 0 Å². The summed E-state index contributed by atoms with van der Waals surface area (Å²) in [7, 11) is 4.67. The first kappa shape index (κ1) is 14.8. The summed E-state index contributed by atoms with van der Waals surface area (Å²) in [4.78, 5) is 11.9. The van der Waals surface area contributed by atoms with E-state index in [0.717, 1.165) is 5.56 Å². The number of hydrogen-bond donors (Lipinski definition) is 1. The van der Waals surface area contributed by atoms with Crippen LogP contribution in [0.2, 0.25) is 0 Å². The van der Waals surface area contributed by atoms with Crippen molar-refractivity contribution in [1.29, 1.82) is 0 Å². The van der Waals surface area contributed by atoms with Gasteiger partial charge in [0, 0.05) is 18.2 Å². The van der Waals surface area contributed by atoms with Gasteiger partial charge in [-0.25, -0.2) is 0 Å². The number of ether oxygens (including phenoxy) is 3. The van der Waals surface area contributed by atoms with Gasteiger partial charge in [0.05, 0.1) is 33.2 Å². The number of carbonyl (C=O) groups is 1. The normalized spacial score (nSPS) is 10.0. The van der Waals surface area contributed by atoms with Crippen LogP contribution in [0, 0.1) is 0 Å². The van der Waals surface area contributed by atoms with Crippen LogP contribution in [0.4, 0.5) is 0 Å². The van der Waals surface area contributed by atoms with Crippen LogP contribution in [0.5, 0.6) is 17.2 Å². The smallest absolute Gasteiger partial charge is 0.254 e. The van der Waals surface area contributed by atoms with Gasteiger partial charge in [-0.15, -0.1) is 0 Å². The fourth-order valence-electron chi connectivity index (χ4n) is 1.90. The van der Waals surface area contributed by atoms with Crippen molar-refractivity contribution in [2.24, 2.45) is 0 Å². The maximum absolute atomic E-state index is 11.9. The third kappa shape index (κ3) is 3.28. The molecule has 2 aromatic rings. The summed E-state index contributed by atoms with van der Waals surface area (Å²) in [5.41, 5.74) is 1.25. The van der Waals surface area contributed by atoms with Crippen LogP contribution in [0.1, 0.15) is 15.9 Å². The van der Waals surface area contributed by atoms with E-state index in [2.05, 4.69) is 5.32 Å². The Kier molecular flexibility index (Phi) is 4.71. The standard InChI is InChI=1S/C15H17NO5/c1-18-12-7-14(20-3)13(19-2)6-11(12)8-16-15(17)10-4-5-21-9-10/h4-7,9H,8H2,1-3H3,(H,16,17). The highest BCUT2D eigenvalue weighted by molar-refractivity contribution is 5.93. The molecule has 0 unspecified atom stereocenters. The first-order chi connectivity index (χ1) is 10.2. The number of benzene rings is 1. The van der Waals surface area contributed by atoms with E-state index in [1.807, 2.05) is 0 Å². The summed E-state index contributed by atoms with van der Waals surface area (Å²) in [5, 5.41) is 2.79. The SMILES string of the molecule is COc1cc(OC)c(OC)cc1CNC(=O)c1ccoc1. The summed E-state index contributed by atoms with van der Waals surface area (Å²) in [5.74, 6) is 1.53. The molecule has 0 aliphatic rings. The van der Waals surface area contributed by atoms with E-state index >= 15 is 0 Å². The number of methoxy groups -OCH3 is 3. The lowest BCUT2D eigenvalue weighted by molar-refractivity contribution is 0.0950. The van der Waals surface area contributed by atoms with Crippen molar-refractivity contribution >= 4 is 5.91 Å². The minimum Gasteiger partial charge on any atom is -0.496 e. The summed E-state index contributed by atoms with van der Waals surface area (Å²) in [6.45, 7) is 0.299. The Labute approximate surface area is 122 Å². The van der Waals surface area contributed by atoms with Crippen LogP contribution >= 0.6 is 0 Å². The van der Waals surface area contributed by atoms with Gasteiger partial charge < -0.3 is 23.9 Å². The van der Waals surface area contributed by atoms with Crippen molar-refractivity contribution in [2.45, 2.75) is 6.54 Å². The highest BCUT2D eigenvalue weighted by atomic mass is 16.5. The molecule has 112 valence electrons. The van der Waals surface area contributed by atoms with E-state index in [1.165, 1.54) is 12.5 Å². The molecule has 0 fully saturated rings. The Hall–Kier alpha value is -2.63. The lowest BCUT2D eigenvalue weighted by Crippen LogP contribution is -2.22. The summed E-state index contributed by atoms with van der Waals surface area (Å²) in [6, 6.07) is 5.09. The molecule has 1 amide bonds. The number of carbonyl (C=O) groups excluding carboxylic acids is 1. The second-order valence-corrected chi connectivity index (χ2v) is 4.21. The highest BCUT2D eigenvalue weighted by Gasteiger charge is 2.13. The first-order valence-corrected chi connectivity index (χ1v) is 6.29. The van der Waals surface area contributed by atoms with Crippen molar-refractivity contribution < 1.29 is 23.4 Å². The zero-order valence-corrected chi connectivity index (χ0v) is 12.1. The molecule has 6 nitrogen and oxygen atoms in total. The van der Waals surface area contributed by atoms with Crippen molar-refractivity contribution in [3.05, 3.63) is 41.9 Å². The Morgan fingerprint density at radius 1 is 1.10 bits per heavy atom. The second kappa shape index (κ2) is 6.69. The Morgan fingerprint density at radius 2 is 1.76 bits per heavy atom. The zero-order valence-electron chi connectivity index (χ0n) is 12.1. The van der Waals surface area contributed by atoms with Crippen molar-refractivity contribution in [2.75, 3.05) is 21.3 Å². The molecule has 0 aliphatic carbocycles. The molecule has 0 aliphatic heterocycles. The van der Waals surface area contributed by atoms with Gasteiger partial charge in [-0.05, 0) is 12.1 Å². The van der Waals surface area contributed by atoms with Gasteiger partial charge in [0.2, 0.25) is 0 Å². The molecular formula is C15H17NO5. The largest absolute Gasteiger partial charge is 0.496 e. The predicted molar refractivity (Wildman–Crippen MR) is 76.0 cm³/mol. The molecule has 1 N–H and O–H groups in total. The number of amides is 1. The average Bonchev–Trinajstić information content (AvgIpc) is 3.06. The maximum Gasteiger partial charge on any atom is 0.254 e. The van der Waals surface area contributed by atoms with Crippen LogP contribution < -0.4 is 19.5 Å². The summed E-state index contributed by atoms with van der Waals surface area (Å²) >= 11 is 0. The third-order valence-corrected chi connectivity index (χ3v) is 3.01. The molecule has 6 heteroatoms. The monoisotopic (exact) mass is 291 g/mol. The zero-order chi connectivity index (χ0) is 15.2. The maximum atomic E-state index is 11.9. The quantitative estimate of drug-likeness (QED) is 0.884. The van der Waals surface area contributed by atoms with E-state index < -0.39 is 0 Å². The highest BCUT2D eigenvalue weighted by Crippen LogP contribution is 2.34. The minimum atomic E-state index is -0.222. The van der Waals surface area contributed by atoms with Gasteiger partial charge in [0.25, 0.3) is 5.91 Å². The molecule has 1 aromatic carbocycles. The van der Waals surface area contributed by atoms with E-state index in [1.54, 1.807) is 39.5 Å². The molecule has 0 radical (unpaired) electrons. The number of nitrogens with one attached hydrogen (secondary N) is 1. The van der Waals surface area contributed by atoms with Crippen LogP contribution in [-0.2, 0) is 6.54 Å². The Balaban J connectivity index is 2.17. The van der Waals surface area contributed by atoms with Gasteiger partial charge in [-0.1, -0.05) is 0 Å². The molecule has 0 bridgehead atoms. The molecule has 1 aromatic heterocycles. The van der Waals surface area contributed by atoms with Crippen molar-refractivity contribution in [3.8, 4) is 17.2 Å². The molecule has 1 heterocycles. The number of hydrogen-bond acceptors (Lipinski definition) is 5. The fraction of sp³-hybridized carbons (Fsp3) is 0.267. The van der Waals surface area contributed by atoms with Gasteiger partial charge in [0.15, 0.2) is 11.5 Å². The minimum absolute atomic E-state index is 0.222. The molecule has 0 saturated carbocycles. The molecule has 0 atom stereocenters. The topological polar surface area (TPSA) is 69.9 Å². The van der Waals surface area contributed by atoms with Gasteiger partial charge >= 0.3 is 0 Å².